The molecule has 1 rings (SSSR count). The maximum atomic E-state index is 3.70. The lowest BCUT2D eigenvalue weighted by Crippen LogP contribution is -2.34. The van der Waals surface area contributed by atoms with Gasteiger partial charge in [-0.05, 0) is 37.4 Å². The average Bonchev–Trinajstić information content (AvgIpc) is 2.27. The van der Waals surface area contributed by atoms with Crippen molar-refractivity contribution < 1.29 is 0 Å². The summed E-state index contributed by atoms with van der Waals surface area (Å²) in [5.41, 5.74) is 0. The number of hydrogen-bond acceptors (Lipinski definition) is 2. The van der Waals surface area contributed by atoms with Crippen LogP contribution in [0.25, 0.3) is 0 Å². The standard InChI is InChI=1S/C13H27NS/c1-3-5-12-6-8-13(9-7-12)14-10-11-15-4-2/h12-14H,3-11H2,1-2H3. The zero-order valence-electron chi connectivity index (χ0n) is 10.4. The SMILES string of the molecule is CCCC1CCC(NCCSCC)CC1. The van der Waals surface area contributed by atoms with E-state index in [0.717, 1.165) is 12.0 Å². The van der Waals surface area contributed by atoms with E-state index in [2.05, 4.69) is 19.2 Å². The summed E-state index contributed by atoms with van der Waals surface area (Å²) < 4.78 is 0. The summed E-state index contributed by atoms with van der Waals surface area (Å²) in [7, 11) is 0. The highest BCUT2D eigenvalue weighted by Gasteiger charge is 2.19. The molecule has 0 aromatic carbocycles. The van der Waals surface area contributed by atoms with Gasteiger partial charge in [0.25, 0.3) is 0 Å². The van der Waals surface area contributed by atoms with Crippen molar-refractivity contribution in [1.82, 2.24) is 5.32 Å². The lowest BCUT2D eigenvalue weighted by atomic mass is 9.83. The quantitative estimate of drug-likeness (QED) is 0.668. The molecule has 1 aliphatic carbocycles. The van der Waals surface area contributed by atoms with Gasteiger partial charge in [-0.3, -0.25) is 0 Å². The van der Waals surface area contributed by atoms with E-state index < -0.39 is 0 Å². The lowest BCUT2D eigenvalue weighted by molar-refractivity contribution is 0.281. The van der Waals surface area contributed by atoms with E-state index in [-0.39, 0.29) is 0 Å². The van der Waals surface area contributed by atoms with Gasteiger partial charge in [-0.1, -0.05) is 26.7 Å². The highest BCUT2D eigenvalue weighted by atomic mass is 32.2. The van der Waals surface area contributed by atoms with Gasteiger partial charge in [0.15, 0.2) is 0 Å². The molecule has 0 heterocycles. The van der Waals surface area contributed by atoms with Crippen LogP contribution in [-0.2, 0) is 0 Å². The van der Waals surface area contributed by atoms with Crippen LogP contribution in [0.3, 0.4) is 0 Å². The second kappa shape index (κ2) is 8.46. The number of hydrogen-bond donors (Lipinski definition) is 1. The maximum absolute atomic E-state index is 3.70. The second-order valence-electron chi connectivity index (χ2n) is 4.66. The van der Waals surface area contributed by atoms with Crippen molar-refractivity contribution in [2.45, 2.75) is 58.4 Å². The molecule has 0 unspecified atom stereocenters. The summed E-state index contributed by atoms with van der Waals surface area (Å²) in [6, 6.07) is 0.829. The molecular weight excluding hydrogens is 202 g/mol. The molecule has 1 saturated carbocycles. The molecule has 1 aliphatic rings. The Kier molecular flexibility index (Phi) is 7.54. The van der Waals surface area contributed by atoms with Crippen molar-refractivity contribution in [3.63, 3.8) is 0 Å². The lowest BCUT2D eigenvalue weighted by Gasteiger charge is -2.29. The minimum atomic E-state index is 0.829. The molecule has 0 atom stereocenters. The van der Waals surface area contributed by atoms with Crippen molar-refractivity contribution in [3.8, 4) is 0 Å². The first kappa shape index (κ1) is 13.4. The number of thioether (sulfide) groups is 1. The van der Waals surface area contributed by atoms with Crippen LogP contribution in [0.5, 0.6) is 0 Å². The number of rotatable bonds is 7. The van der Waals surface area contributed by atoms with E-state index in [1.807, 2.05) is 11.8 Å². The first-order valence-electron chi connectivity index (χ1n) is 6.68. The Bertz CT molecular complexity index is 139. The minimum Gasteiger partial charge on any atom is -0.313 e. The molecular formula is C13H27NS. The van der Waals surface area contributed by atoms with Gasteiger partial charge in [0.1, 0.15) is 0 Å². The third-order valence-corrected chi connectivity index (χ3v) is 4.33. The zero-order chi connectivity index (χ0) is 10.9. The molecule has 0 aliphatic heterocycles. The van der Waals surface area contributed by atoms with Crippen molar-refractivity contribution in [1.29, 1.82) is 0 Å². The van der Waals surface area contributed by atoms with Crippen molar-refractivity contribution in [2.24, 2.45) is 5.92 Å². The largest absolute Gasteiger partial charge is 0.313 e. The van der Waals surface area contributed by atoms with Gasteiger partial charge in [0, 0.05) is 18.3 Å². The second-order valence-corrected chi connectivity index (χ2v) is 6.05. The first-order valence-corrected chi connectivity index (χ1v) is 7.83. The predicted molar refractivity (Wildman–Crippen MR) is 71.7 cm³/mol. The summed E-state index contributed by atoms with van der Waals surface area (Å²) in [6.07, 6.45) is 8.59. The fraction of sp³-hybridized carbons (Fsp3) is 1.00. The van der Waals surface area contributed by atoms with Gasteiger partial charge in [-0.15, -0.1) is 0 Å². The molecule has 15 heavy (non-hydrogen) atoms. The van der Waals surface area contributed by atoms with Gasteiger partial charge in [-0.25, -0.2) is 0 Å². The molecule has 1 N–H and O–H groups in total. The van der Waals surface area contributed by atoms with Gasteiger partial charge < -0.3 is 5.32 Å². The smallest absolute Gasteiger partial charge is 0.00676 e. The van der Waals surface area contributed by atoms with Crippen LogP contribution < -0.4 is 5.32 Å². The molecule has 0 aromatic rings. The predicted octanol–water partition coefficient (Wildman–Crippen LogP) is 3.69. The summed E-state index contributed by atoms with van der Waals surface area (Å²) in [5.74, 6) is 3.58. The van der Waals surface area contributed by atoms with Gasteiger partial charge >= 0.3 is 0 Å². The molecule has 90 valence electrons. The monoisotopic (exact) mass is 229 g/mol. The van der Waals surface area contributed by atoms with Crippen LogP contribution in [0.4, 0.5) is 0 Å². The normalized spacial score (nSPS) is 26.8. The summed E-state index contributed by atoms with van der Waals surface area (Å²) in [5, 5.41) is 3.70. The van der Waals surface area contributed by atoms with Crippen LogP contribution in [0.2, 0.25) is 0 Å². The van der Waals surface area contributed by atoms with E-state index >= 15 is 0 Å². The van der Waals surface area contributed by atoms with Crippen molar-refractivity contribution in [2.75, 3.05) is 18.1 Å². The average molecular weight is 229 g/mol. The fourth-order valence-corrected chi connectivity index (χ4v) is 3.09. The molecule has 1 nitrogen and oxygen atoms in total. The Morgan fingerprint density at radius 3 is 2.47 bits per heavy atom. The van der Waals surface area contributed by atoms with Crippen LogP contribution in [-0.4, -0.2) is 24.1 Å². The minimum absolute atomic E-state index is 0.829. The Hall–Kier alpha value is 0.310. The van der Waals surface area contributed by atoms with E-state index in [1.54, 1.807) is 0 Å². The molecule has 2 heteroatoms. The third kappa shape index (κ3) is 5.82. The van der Waals surface area contributed by atoms with Crippen molar-refractivity contribution in [3.05, 3.63) is 0 Å². The molecule has 0 aromatic heterocycles. The van der Waals surface area contributed by atoms with Crippen LogP contribution >= 0.6 is 11.8 Å². The molecule has 0 spiro atoms. The van der Waals surface area contributed by atoms with Gasteiger partial charge in [-0.2, -0.15) is 11.8 Å². The van der Waals surface area contributed by atoms with Gasteiger partial charge in [0.2, 0.25) is 0 Å². The third-order valence-electron chi connectivity index (χ3n) is 3.43. The molecule has 0 amide bonds. The van der Waals surface area contributed by atoms with Crippen LogP contribution in [0, 0.1) is 5.92 Å². The Labute approximate surface area is 99.8 Å². The first-order chi connectivity index (χ1) is 7.36. The summed E-state index contributed by atoms with van der Waals surface area (Å²) >= 11 is 2.04. The molecule has 1 fully saturated rings. The van der Waals surface area contributed by atoms with E-state index in [0.29, 0.717) is 0 Å². The molecule has 0 radical (unpaired) electrons. The van der Waals surface area contributed by atoms with E-state index in [1.165, 1.54) is 56.6 Å². The summed E-state index contributed by atoms with van der Waals surface area (Å²) in [6.45, 7) is 5.76. The summed E-state index contributed by atoms with van der Waals surface area (Å²) in [4.78, 5) is 0. The van der Waals surface area contributed by atoms with Crippen molar-refractivity contribution >= 4 is 11.8 Å². The van der Waals surface area contributed by atoms with Crippen LogP contribution in [0.15, 0.2) is 0 Å². The Morgan fingerprint density at radius 2 is 1.87 bits per heavy atom. The fourth-order valence-electron chi connectivity index (χ4n) is 2.54. The molecule has 0 bridgehead atoms. The van der Waals surface area contributed by atoms with E-state index in [4.69, 9.17) is 0 Å². The highest BCUT2D eigenvalue weighted by molar-refractivity contribution is 7.99. The highest BCUT2D eigenvalue weighted by Crippen LogP contribution is 2.27. The maximum Gasteiger partial charge on any atom is 0.00676 e. The topological polar surface area (TPSA) is 12.0 Å². The molecule has 0 saturated heterocycles. The Balaban J connectivity index is 1.99. The Morgan fingerprint density at radius 1 is 1.13 bits per heavy atom. The van der Waals surface area contributed by atoms with Gasteiger partial charge in [0.05, 0.1) is 0 Å². The van der Waals surface area contributed by atoms with E-state index in [9.17, 15) is 0 Å². The zero-order valence-corrected chi connectivity index (χ0v) is 11.2. The number of nitrogens with one attached hydrogen (secondary N) is 1. The van der Waals surface area contributed by atoms with Crippen LogP contribution in [0.1, 0.15) is 52.4 Å².